The van der Waals surface area contributed by atoms with Crippen molar-refractivity contribution in [2.45, 2.75) is 38.5 Å². The number of amides is 1. The summed E-state index contributed by atoms with van der Waals surface area (Å²) in [6.45, 7) is 0. The highest BCUT2D eigenvalue weighted by Crippen LogP contribution is 2.62. The van der Waals surface area contributed by atoms with E-state index in [9.17, 15) is 9.59 Å². The third-order valence-corrected chi connectivity index (χ3v) is 6.64. The van der Waals surface area contributed by atoms with Crippen molar-refractivity contribution >= 4 is 11.7 Å². The number of primary amides is 1. The molecule has 5 rings (SSSR count). The van der Waals surface area contributed by atoms with Gasteiger partial charge in [0.15, 0.2) is 5.78 Å². The van der Waals surface area contributed by atoms with Gasteiger partial charge in [-0.2, -0.15) is 0 Å². The minimum Gasteiger partial charge on any atom is -0.369 e. The van der Waals surface area contributed by atoms with Crippen LogP contribution in [0.4, 0.5) is 0 Å². The molecule has 1 amide bonds. The smallest absolute Gasteiger partial charge is 0.223 e. The Hall–Kier alpha value is -1.58. The molecule has 0 radical (unpaired) electrons. The van der Waals surface area contributed by atoms with Crippen LogP contribution in [0.5, 0.6) is 0 Å². The largest absolute Gasteiger partial charge is 0.369 e. The molecule has 1 aromatic heterocycles. The highest BCUT2D eigenvalue weighted by Gasteiger charge is 2.57. The van der Waals surface area contributed by atoms with Crippen LogP contribution >= 0.6 is 0 Å². The molecule has 4 aliphatic rings. The van der Waals surface area contributed by atoms with E-state index in [-0.39, 0.29) is 17.1 Å². The summed E-state index contributed by atoms with van der Waals surface area (Å²) in [6, 6.07) is 3.83. The van der Waals surface area contributed by atoms with Gasteiger partial charge in [0.1, 0.15) is 0 Å². The molecule has 118 valence electrons. The number of carbonyl (C=O) groups is 2. The Morgan fingerprint density at radius 3 is 2.50 bits per heavy atom. The molecule has 2 unspecified atom stereocenters. The molecule has 2 N–H and O–H groups in total. The van der Waals surface area contributed by atoms with Crippen LogP contribution in [0.1, 0.15) is 49.0 Å². The molecular formula is C18H24N2O2. The van der Waals surface area contributed by atoms with E-state index in [2.05, 4.69) is 0 Å². The summed E-state index contributed by atoms with van der Waals surface area (Å²) in [5.74, 6) is 2.29. The number of aromatic nitrogens is 1. The van der Waals surface area contributed by atoms with Gasteiger partial charge in [-0.05, 0) is 67.9 Å². The van der Waals surface area contributed by atoms with Gasteiger partial charge < -0.3 is 10.3 Å². The maximum Gasteiger partial charge on any atom is 0.223 e. The van der Waals surface area contributed by atoms with Crippen LogP contribution in [0.2, 0.25) is 0 Å². The third kappa shape index (κ3) is 1.96. The van der Waals surface area contributed by atoms with E-state index in [0.717, 1.165) is 25.0 Å². The number of hydrogen-bond acceptors (Lipinski definition) is 2. The average Bonchev–Trinajstić information content (AvgIpc) is 2.88. The topological polar surface area (TPSA) is 65.1 Å². The third-order valence-electron chi connectivity index (χ3n) is 6.64. The number of ketones is 1. The van der Waals surface area contributed by atoms with E-state index in [1.807, 2.05) is 29.9 Å². The van der Waals surface area contributed by atoms with Crippen molar-refractivity contribution in [3.8, 4) is 0 Å². The number of nitrogens with zero attached hydrogens (tertiary/aromatic N) is 1. The monoisotopic (exact) mass is 300 g/mol. The van der Waals surface area contributed by atoms with Crippen LogP contribution in [0.25, 0.3) is 0 Å². The van der Waals surface area contributed by atoms with Crippen molar-refractivity contribution in [1.29, 1.82) is 0 Å². The molecule has 22 heavy (non-hydrogen) atoms. The minimum absolute atomic E-state index is 0.0980. The molecule has 2 atom stereocenters. The number of hydrogen-bond donors (Lipinski definition) is 1. The van der Waals surface area contributed by atoms with E-state index in [0.29, 0.717) is 30.1 Å². The molecule has 1 heterocycles. The van der Waals surface area contributed by atoms with Crippen molar-refractivity contribution < 1.29 is 9.59 Å². The van der Waals surface area contributed by atoms with E-state index in [4.69, 9.17) is 5.73 Å². The molecule has 4 saturated carbocycles. The highest BCUT2D eigenvalue weighted by molar-refractivity contribution is 5.94. The Balaban J connectivity index is 1.55. The van der Waals surface area contributed by atoms with Gasteiger partial charge in [-0.15, -0.1) is 0 Å². The second kappa shape index (κ2) is 4.71. The van der Waals surface area contributed by atoms with Crippen LogP contribution in [0.15, 0.2) is 18.3 Å². The highest BCUT2D eigenvalue weighted by atomic mass is 16.1. The number of carbonyl (C=O) groups excluding carboxylic acids is 2. The molecule has 4 bridgehead atoms. The summed E-state index contributed by atoms with van der Waals surface area (Å²) in [5, 5.41) is 0. The summed E-state index contributed by atoms with van der Waals surface area (Å²) in [6.07, 6.45) is 7.77. The van der Waals surface area contributed by atoms with Gasteiger partial charge in [-0.3, -0.25) is 9.59 Å². The van der Waals surface area contributed by atoms with Crippen LogP contribution in [-0.4, -0.2) is 16.3 Å². The quantitative estimate of drug-likeness (QED) is 0.868. The van der Waals surface area contributed by atoms with Crippen LogP contribution in [-0.2, 0) is 11.8 Å². The molecule has 4 aliphatic carbocycles. The van der Waals surface area contributed by atoms with E-state index >= 15 is 0 Å². The number of aryl methyl sites for hydroxylation is 1. The van der Waals surface area contributed by atoms with Crippen LogP contribution in [0, 0.1) is 29.1 Å². The lowest BCUT2D eigenvalue weighted by Gasteiger charge is -2.59. The summed E-state index contributed by atoms with van der Waals surface area (Å²) in [5.41, 5.74) is 6.28. The molecule has 0 aromatic carbocycles. The molecule has 4 fully saturated rings. The minimum atomic E-state index is -0.249. The number of Topliss-reactive ketones (excluding diaryl/α,β-unsaturated/α-hetero) is 1. The first-order chi connectivity index (χ1) is 10.5. The second-order valence-electron chi connectivity index (χ2n) is 7.91. The van der Waals surface area contributed by atoms with Gasteiger partial charge in [0, 0.05) is 25.1 Å². The lowest BCUT2D eigenvalue weighted by molar-refractivity contribution is -0.149. The summed E-state index contributed by atoms with van der Waals surface area (Å²) in [7, 11) is 1.92. The lowest BCUT2D eigenvalue weighted by atomic mass is 9.45. The van der Waals surface area contributed by atoms with E-state index in [1.165, 1.54) is 12.8 Å². The van der Waals surface area contributed by atoms with Crippen molar-refractivity contribution in [3.05, 3.63) is 24.0 Å². The van der Waals surface area contributed by atoms with Crippen LogP contribution in [0.3, 0.4) is 0 Å². The standard InChI is InChI=1S/C18H24N2O2/c1-20-4-2-3-15(20)16(21)7-14-12-5-11-6-13(14)10-18(8-11,9-12)17(19)22/h2-4,11-14H,5-10H2,1H3,(H2,19,22). The molecule has 4 nitrogen and oxygen atoms in total. The fourth-order valence-electron chi connectivity index (χ4n) is 5.83. The Bertz CT molecular complexity index is 617. The summed E-state index contributed by atoms with van der Waals surface area (Å²) < 4.78 is 1.91. The fraction of sp³-hybridized carbons (Fsp3) is 0.667. The molecule has 0 saturated heterocycles. The van der Waals surface area contributed by atoms with Gasteiger partial charge >= 0.3 is 0 Å². The Kier molecular flexibility index (Phi) is 3.00. The Labute approximate surface area is 131 Å². The Morgan fingerprint density at radius 2 is 1.95 bits per heavy atom. The zero-order valence-electron chi connectivity index (χ0n) is 13.1. The van der Waals surface area contributed by atoms with Crippen molar-refractivity contribution in [3.63, 3.8) is 0 Å². The molecule has 0 aliphatic heterocycles. The first-order valence-electron chi connectivity index (χ1n) is 8.43. The van der Waals surface area contributed by atoms with Gasteiger partial charge in [0.2, 0.25) is 5.91 Å². The van der Waals surface area contributed by atoms with Gasteiger partial charge in [0.05, 0.1) is 5.69 Å². The zero-order valence-corrected chi connectivity index (χ0v) is 13.1. The Morgan fingerprint density at radius 1 is 1.27 bits per heavy atom. The summed E-state index contributed by atoms with van der Waals surface area (Å²) in [4.78, 5) is 24.6. The fourth-order valence-corrected chi connectivity index (χ4v) is 5.83. The predicted octanol–water partition coefficient (Wildman–Crippen LogP) is 2.53. The molecule has 1 aromatic rings. The number of nitrogens with two attached hydrogens (primary N) is 1. The van der Waals surface area contributed by atoms with Crippen LogP contribution < -0.4 is 5.73 Å². The first-order valence-corrected chi connectivity index (χ1v) is 8.43. The summed E-state index contributed by atoms with van der Waals surface area (Å²) >= 11 is 0. The van der Waals surface area contributed by atoms with Crippen molar-refractivity contribution in [1.82, 2.24) is 4.57 Å². The van der Waals surface area contributed by atoms with Gasteiger partial charge in [0.25, 0.3) is 0 Å². The SMILES string of the molecule is Cn1cccc1C(=O)CC1C2CC3CC1CC(C(N)=O)(C3)C2. The average molecular weight is 300 g/mol. The van der Waals surface area contributed by atoms with E-state index < -0.39 is 0 Å². The van der Waals surface area contributed by atoms with Crippen molar-refractivity contribution in [2.24, 2.45) is 41.9 Å². The zero-order chi connectivity index (χ0) is 15.5. The first kappa shape index (κ1) is 14.0. The molecule has 0 spiro atoms. The number of rotatable bonds is 4. The normalized spacial score (nSPS) is 39.1. The predicted molar refractivity (Wildman–Crippen MR) is 83.0 cm³/mol. The van der Waals surface area contributed by atoms with Gasteiger partial charge in [-0.25, -0.2) is 0 Å². The van der Waals surface area contributed by atoms with Crippen molar-refractivity contribution in [2.75, 3.05) is 0 Å². The second-order valence-corrected chi connectivity index (χ2v) is 7.91. The molecular weight excluding hydrogens is 276 g/mol. The lowest BCUT2D eigenvalue weighted by Crippen LogP contribution is -2.56. The maximum atomic E-state index is 12.6. The van der Waals surface area contributed by atoms with E-state index in [1.54, 1.807) is 0 Å². The molecule has 4 heteroatoms. The maximum absolute atomic E-state index is 12.6. The van der Waals surface area contributed by atoms with Gasteiger partial charge in [-0.1, -0.05) is 0 Å².